The maximum absolute atomic E-state index is 8.92. The van der Waals surface area contributed by atoms with Gasteiger partial charge in [0, 0.05) is 6.61 Å². The van der Waals surface area contributed by atoms with Crippen LogP contribution in [0.25, 0.3) is 0 Å². The molecule has 1 unspecified atom stereocenters. The van der Waals surface area contributed by atoms with Crippen molar-refractivity contribution in [3.63, 3.8) is 0 Å². The van der Waals surface area contributed by atoms with Crippen LogP contribution in [0.4, 0.5) is 0 Å². The molecule has 0 aliphatic heterocycles. The third-order valence-corrected chi connectivity index (χ3v) is 1.85. The Balaban J connectivity index is 3.28. The number of unbranched alkanes of at least 4 members (excludes halogenated alkanes) is 2. The zero-order valence-corrected chi connectivity index (χ0v) is 9.08. The van der Waals surface area contributed by atoms with Crippen LogP contribution in [0.2, 0.25) is 0 Å². The summed E-state index contributed by atoms with van der Waals surface area (Å²) in [7, 11) is 0. The van der Waals surface area contributed by atoms with Gasteiger partial charge >= 0.3 is 0 Å². The van der Waals surface area contributed by atoms with Crippen LogP contribution in [0.15, 0.2) is 12.7 Å². The summed E-state index contributed by atoms with van der Waals surface area (Å²) in [6, 6.07) is 0. The highest BCUT2D eigenvalue weighted by Gasteiger charge is 2.06. The monoisotopic (exact) mass is 202 g/mol. The first-order valence-electron chi connectivity index (χ1n) is 5.26. The Hall–Kier alpha value is -0.380. The maximum atomic E-state index is 8.92. The summed E-state index contributed by atoms with van der Waals surface area (Å²) in [6.07, 6.45) is 4.92. The molecule has 1 atom stereocenters. The van der Waals surface area contributed by atoms with Crippen LogP contribution in [0.1, 0.15) is 26.2 Å². The first kappa shape index (κ1) is 13.6. The predicted octanol–water partition coefficient (Wildman–Crippen LogP) is 1.76. The van der Waals surface area contributed by atoms with E-state index in [2.05, 4.69) is 13.5 Å². The van der Waals surface area contributed by atoms with Gasteiger partial charge in [-0.15, -0.1) is 6.58 Å². The lowest BCUT2D eigenvalue weighted by Gasteiger charge is -2.14. The molecule has 3 nitrogen and oxygen atoms in total. The molecule has 0 aliphatic carbocycles. The van der Waals surface area contributed by atoms with E-state index in [4.69, 9.17) is 14.6 Å². The third-order valence-electron chi connectivity index (χ3n) is 1.85. The second-order valence-corrected chi connectivity index (χ2v) is 3.21. The van der Waals surface area contributed by atoms with E-state index in [0.717, 1.165) is 13.0 Å². The molecular weight excluding hydrogens is 180 g/mol. The fraction of sp³-hybridized carbons (Fsp3) is 0.818. The number of hydrogen-bond acceptors (Lipinski definition) is 3. The van der Waals surface area contributed by atoms with Gasteiger partial charge in [-0.25, -0.2) is 0 Å². The van der Waals surface area contributed by atoms with Crippen molar-refractivity contribution in [3.8, 4) is 0 Å². The van der Waals surface area contributed by atoms with E-state index >= 15 is 0 Å². The summed E-state index contributed by atoms with van der Waals surface area (Å²) >= 11 is 0. The number of ether oxygens (including phenoxy) is 2. The number of hydrogen-bond donors (Lipinski definition) is 1. The molecule has 0 aromatic rings. The molecule has 84 valence electrons. The van der Waals surface area contributed by atoms with E-state index < -0.39 is 0 Å². The minimum atomic E-state index is -0.213. The summed E-state index contributed by atoms with van der Waals surface area (Å²) in [4.78, 5) is 0. The fourth-order valence-corrected chi connectivity index (χ4v) is 1.03. The quantitative estimate of drug-likeness (QED) is 0.433. The summed E-state index contributed by atoms with van der Waals surface area (Å²) in [5.74, 6) is 0. The smallest absolute Gasteiger partial charge is 0.104 e. The average Bonchev–Trinajstić information content (AvgIpc) is 2.22. The highest BCUT2D eigenvalue weighted by Crippen LogP contribution is 1.97. The third kappa shape index (κ3) is 8.23. The second kappa shape index (κ2) is 10.7. The van der Waals surface area contributed by atoms with Crippen LogP contribution < -0.4 is 0 Å². The van der Waals surface area contributed by atoms with Crippen molar-refractivity contribution in [2.24, 2.45) is 0 Å². The Morgan fingerprint density at radius 1 is 1.43 bits per heavy atom. The van der Waals surface area contributed by atoms with Crippen molar-refractivity contribution in [1.29, 1.82) is 0 Å². The zero-order chi connectivity index (χ0) is 10.6. The standard InChI is InChI=1S/C11H22O3/c1-3-5-6-8-13-10-11(9-12)14-7-4-2/h4,11-12H,2-3,5-10H2,1H3. The Bertz CT molecular complexity index is 126. The molecule has 0 saturated heterocycles. The normalized spacial score (nSPS) is 12.7. The number of aliphatic hydroxyl groups excluding tert-OH is 1. The summed E-state index contributed by atoms with van der Waals surface area (Å²) < 4.78 is 10.6. The zero-order valence-electron chi connectivity index (χ0n) is 9.08. The van der Waals surface area contributed by atoms with Crippen molar-refractivity contribution < 1.29 is 14.6 Å². The van der Waals surface area contributed by atoms with Gasteiger partial charge < -0.3 is 14.6 Å². The van der Waals surface area contributed by atoms with E-state index in [1.54, 1.807) is 6.08 Å². The van der Waals surface area contributed by atoms with Gasteiger partial charge in [-0.2, -0.15) is 0 Å². The molecule has 3 heteroatoms. The second-order valence-electron chi connectivity index (χ2n) is 3.21. The highest BCUT2D eigenvalue weighted by molar-refractivity contribution is 4.66. The molecular formula is C11H22O3. The van der Waals surface area contributed by atoms with Gasteiger partial charge in [-0.1, -0.05) is 25.8 Å². The minimum Gasteiger partial charge on any atom is -0.394 e. The highest BCUT2D eigenvalue weighted by atomic mass is 16.5. The molecule has 0 aromatic heterocycles. The van der Waals surface area contributed by atoms with Gasteiger partial charge in [-0.3, -0.25) is 0 Å². The maximum Gasteiger partial charge on any atom is 0.104 e. The molecule has 0 aromatic carbocycles. The van der Waals surface area contributed by atoms with Crippen molar-refractivity contribution in [2.75, 3.05) is 26.4 Å². The van der Waals surface area contributed by atoms with Crippen LogP contribution in [0.5, 0.6) is 0 Å². The SMILES string of the molecule is C=CCOC(CO)COCCCCC. The van der Waals surface area contributed by atoms with Crippen LogP contribution in [-0.2, 0) is 9.47 Å². The van der Waals surface area contributed by atoms with Gasteiger partial charge in [0.2, 0.25) is 0 Å². The molecule has 0 rings (SSSR count). The van der Waals surface area contributed by atoms with Gasteiger partial charge in [0.25, 0.3) is 0 Å². The van der Waals surface area contributed by atoms with Crippen LogP contribution in [0, 0.1) is 0 Å². The average molecular weight is 202 g/mol. The molecule has 0 bridgehead atoms. The predicted molar refractivity (Wildman–Crippen MR) is 57.4 cm³/mol. The Kier molecular flexibility index (Phi) is 10.4. The summed E-state index contributed by atoms with van der Waals surface area (Å²) in [6.45, 7) is 7.38. The number of rotatable bonds is 10. The molecule has 1 N–H and O–H groups in total. The fourth-order valence-electron chi connectivity index (χ4n) is 1.03. The lowest BCUT2D eigenvalue weighted by Crippen LogP contribution is -2.24. The van der Waals surface area contributed by atoms with Gasteiger partial charge in [-0.05, 0) is 6.42 Å². The summed E-state index contributed by atoms with van der Waals surface area (Å²) in [5, 5.41) is 8.92. The van der Waals surface area contributed by atoms with Crippen LogP contribution in [0.3, 0.4) is 0 Å². The lowest BCUT2D eigenvalue weighted by molar-refractivity contribution is -0.0331. The van der Waals surface area contributed by atoms with Crippen LogP contribution >= 0.6 is 0 Å². The summed E-state index contributed by atoms with van der Waals surface area (Å²) in [5.41, 5.74) is 0. The minimum absolute atomic E-state index is 0.00160. The van der Waals surface area contributed by atoms with Gasteiger partial charge in [0.05, 0.1) is 19.8 Å². The molecule has 0 spiro atoms. The Morgan fingerprint density at radius 2 is 2.21 bits per heavy atom. The van der Waals surface area contributed by atoms with E-state index in [1.165, 1.54) is 12.8 Å². The molecule has 0 fully saturated rings. The molecule has 0 aliphatic rings. The molecule has 0 radical (unpaired) electrons. The topological polar surface area (TPSA) is 38.7 Å². The largest absolute Gasteiger partial charge is 0.394 e. The van der Waals surface area contributed by atoms with Crippen molar-refractivity contribution in [3.05, 3.63) is 12.7 Å². The van der Waals surface area contributed by atoms with Crippen LogP contribution in [-0.4, -0.2) is 37.6 Å². The van der Waals surface area contributed by atoms with E-state index in [0.29, 0.717) is 13.2 Å². The number of aliphatic hydroxyl groups is 1. The van der Waals surface area contributed by atoms with Gasteiger partial charge in [0.15, 0.2) is 0 Å². The Morgan fingerprint density at radius 3 is 2.79 bits per heavy atom. The lowest BCUT2D eigenvalue weighted by atomic mass is 10.3. The molecule has 0 heterocycles. The Labute approximate surface area is 86.7 Å². The van der Waals surface area contributed by atoms with Crippen molar-refractivity contribution in [2.45, 2.75) is 32.3 Å². The van der Waals surface area contributed by atoms with E-state index in [-0.39, 0.29) is 12.7 Å². The van der Waals surface area contributed by atoms with Crippen molar-refractivity contribution in [1.82, 2.24) is 0 Å². The van der Waals surface area contributed by atoms with Gasteiger partial charge in [0.1, 0.15) is 6.10 Å². The molecule has 14 heavy (non-hydrogen) atoms. The molecule has 0 saturated carbocycles. The molecule has 0 amide bonds. The first-order chi connectivity index (χ1) is 6.85. The van der Waals surface area contributed by atoms with E-state index in [1.807, 2.05) is 0 Å². The van der Waals surface area contributed by atoms with Crippen molar-refractivity contribution >= 4 is 0 Å². The van der Waals surface area contributed by atoms with E-state index in [9.17, 15) is 0 Å². The first-order valence-corrected chi connectivity index (χ1v) is 5.26.